The molecule has 4 heteroatoms. The first kappa shape index (κ1) is 14.8. The lowest BCUT2D eigenvalue weighted by Gasteiger charge is -2.53. The summed E-state index contributed by atoms with van der Waals surface area (Å²) in [5, 5.41) is 9.36. The standard InChI is InChI=1S/C15H27NO3/c1-12-8-14(2,3)11-15(9-12,10-13(17)18)16-4-6-19-7-5-16/h12H,4-11H2,1-3H3,(H,17,18). The number of carboxylic acids is 1. The molecule has 19 heavy (non-hydrogen) atoms. The molecule has 0 spiro atoms. The van der Waals surface area contributed by atoms with E-state index in [1.165, 1.54) is 6.42 Å². The van der Waals surface area contributed by atoms with Crippen molar-refractivity contribution >= 4 is 5.97 Å². The van der Waals surface area contributed by atoms with Gasteiger partial charge in [-0.25, -0.2) is 0 Å². The minimum Gasteiger partial charge on any atom is -0.481 e. The summed E-state index contributed by atoms with van der Waals surface area (Å²) in [5.74, 6) is -0.0812. The molecule has 1 N–H and O–H groups in total. The van der Waals surface area contributed by atoms with Crippen molar-refractivity contribution in [3.63, 3.8) is 0 Å². The van der Waals surface area contributed by atoms with Gasteiger partial charge in [0.15, 0.2) is 0 Å². The third kappa shape index (κ3) is 3.48. The maximum absolute atomic E-state index is 11.4. The van der Waals surface area contributed by atoms with E-state index >= 15 is 0 Å². The van der Waals surface area contributed by atoms with Crippen molar-refractivity contribution in [2.75, 3.05) is 26.3 Å². The predicted molar refractivity (Wildman–Crippen MR) is 74.2 cm³/mol. The number of rotatable bonds is 3. The van der Waals surface area contributed by atoms with Crippen LogP contribution in [0.15, 0.2) is 0 Å². The van der Waals surface area contributed by atoms with Gasteiger partial charge in [-0.2, -0.15) is 0 Å². The van der Waals surface area contributed by atoms with Gasteiger partial charge >= 0.3 is 5.97 Å². The zero-order chi connectivity index (χ0) is 14.1. The Morgan fingerprint density at radius 3 is 2.47 bits per heavy atom. The lowest BCUT2D eigenvalue weighted by Crippen LogP contribution is -2.58. The predicted octanol–water partition coefficient (Wildman–Crippen LogP) is 2.38. The topological polar surface area (TPSA) is 49.8 Å². The average Bonchev–Trinajstić information content (AvgIpc) is 2.26. The average molecular weight is 269 g/mol. The normalized spacial score (nSPS) is 36.1. The molecule has 2 fully saturated rings. The van der Waals surface area contributed by atoms with Crippen molar-refractivity contribution in [2.45, 2.75) is 52.0 Å². The van der Waals surface area contributed by atoms with Gasteiger partial charge in [0.05, 0.1) is 19.6 Å². The molecular formula is C15H27NO3. The molecule has 2 unspecified atom stereocenters. The van der Waals surface area contributed by atoms with Crippen molar-refractivity contribution in [2.24, 2.45) is 11.3 Å². The molecule has 110 valence electrons. The summed E-state index contributed by atoms with van der Waals surface area (Å²) >= 11 is 0. The number of hydrogen-bond donors (Lipinski definition) is 1. The van der Waals surface area contributed by atoms with E-state index in [1.54, 1.807) is 0 Å². The van der Waals surface area contributed by atoms with Crippen molar-refractivity contribution < 1.29 is 14.6 Å². The summed E-state index contributed by atoms with van der Waals surface area (Å²) < 4.78 is 5.43. The molecule has 0 aromatic heterocycles. The van der Waals surface area contributed by atoms with Crippen LogP contribution in [0.4, 0.5) is 0 Å². The van der Waals surface area contributed by atoms with E-state index in [4.69, 9.17) is 4.74 Å². The molecule has 0 aromatic carbocycles. The Balaban J connectivity index is 2.24. The Kier molecular flexibility index (Phi) is 4.21. The van der Waals surface area contributed by atoms with Crippen molar-refractivity contribution in [3.8, 4) is 0 Å². The molecular weight excluding hydrogens is 242 g/mol. The Morgan fingerprint density at radius 2 is 1.95 bits per heavy atom. The highest BCUT2D eigenvalue weighted by atomic mass is 16.5. The van der Waals surface area contributed by atoms with E-state index in [-0.39, 0.29) is 17.4 Å². The molecule has 0 aromatic rings. The van der Waals surface area contributed by atoms with Crippen LogP contribution in [0.2, 0.25) is 0 Å². The van der Waals surface area contributed by atoms with Crippen molar-refractivity contribution in [1.29, 1.82) is 0 Å². The Labute approximate surface area is 116 Å². The molecule has 2 rings (SSSR count). The van der Waals surface area contributed by atoms with E-state index in [0.717, 1.165) is 39.1 Å². The smallest absolute Gasteiger partial charge is 0.305 e. The molecule has 1 aliphatic heterocycles. The lowest BCUT2D eigenvalue weighted by atomic mass is 9.62. The number of hydrogen-bond acceptors (Lipinski definition) is 3. The molecule has 0 radical (unpaired) electrons. The van der Waals surface area contributed by atoms with E-state index in [1.807, 2.05) is 0 Å². The van der Waals surface area contributed by atoms with Crippen LogP contribution < -0.4 is 0 Å². The summed E-state index contributed by atoms with van der Waals surface area (Å²) in [6.45, 7) is 10.0. The van der Waals surface area contributed by atoms with Gasteiger partial charge in [0, 0.05) is 18.6 Å². The van der Waals surface area contributed by atoms with E-state index in [9.17, 15) is 9.90 Å². The van der Waals surface area contributed by atoms with Gasteiger partial charge in [-0.1, -0.05) is 20.8 Å². The van der Waals surface area contributed by atoms with Crippen LogP contribution in [0, 0.1) is 11.3 Å². The van der Waals surface area contributed by atoms with E-state index in [2.05, 4.69) is 25.7 Å². The Bertz CT molecular complexity index is 336. The summed E-state index contributed by atoms with van der Waals surface area (Å²) in [5.41, 5.74) is 0.0577. The van der Waals surface area contributed by atoms with Crippen molar-refractivity contribution in [3.05, 3.63) is 0 Å². The maximum Gasteiger partial charge on any atom is 0.305 e. The Hall–Kier alpha value is -0.610. The minimum absolute atomic E-state index is 0.170. The van der Waals surface area contributed by atoms with Crippen LogP contribution in [-0.4, -0.2) is 47.8 Å². The van der Waals surface area contributed by atoms with E-state index < -0.39 is 5.97 Å². The van der Waals surface area contributed by atoms with Gasteiger partial charge < -0.3 is 9.84 Å². The number of carbonyl (C=O) groups is 1. The highest BCUT2D eigenvalue weighted by Gasteiger charge is 2.47. The quantitative estimate of drug-likeness (QED) is 0.854. The third-order valence-corrected chi connectivity index (χ3v) is 4.60. The highest BCUT2D eigenvalue weighted by molar-refractivity contribution is 5.68. The molecule has 1 saturated heterocycles. The van der Waals surface area contributed by atoms with Crippen LogP contribution in [0.5, 0.6) is 0 Å². The number of morpholine rings is 1. The van der Waals surface area contributed by atoms with E-state index in [0.29, 0.717) is 5.92 Å². The molecule has 0 amide bonds. The van der Waals surface area contributed by atoms with Gasteiger partial charge in [0.25, 0.3) is 0 Å². The highest BCUT2D eigenvalue weighted by Crippen LogP contribution is 2.48. The van der Waals surface area contributed by atoms with Crippen LogP contribution in [0.3, 0.4) is 0 Å². The number of ether oxygens (including phenoxy) is 1. The molecule has 0 bridgehead atoms. The lowest BCUT2D eigenvalue weighted by molar-refractivity contribution is -0.145. The SMILES string of the molecule is CC1CC(C)(C)CC(CC(=O)O)(N2CCOCC2)C1. The summed E-state index contributed by atoms with van der Waals surface area (Å²) in [7, 11) is 0. The molecule has 1 saturated carbocycles. The van der Waals surface area contributed by atoms with Gasteiger partial charge in [-0.05, 0) is 30.6 Å². The summed E-state index contributed by atoms with van der Waals surface area (Å²) in [6, 6.07) is 0. The van der Waals surface area contributed by atoms with Crippen LogP contribution in [0.1, 0.15) is 46.5 Å². The van der Waals surface area contributed by atoms with Crippen LogP contribution in [0.25, 0.3) is 0 Å². The first-order chi connectivity index (χ1) is 8.83. The van der Waals surface area contributed by atoms with Gasteiger partial charge in [-0.15, -0.1) is 0 Å². The van der Waals surface area contributed by atoms with Crippen LogP contribution in [-0.2, 0) is 9.53 Å². The Morgan fingerprint density at radius 1 is 1.32 bits per heavy atom. The fourth-order valence-corrected chi connectivity index (χ4v) is 4.51. The molecule has 2 aliphatic rings. The largest absolute Gasteiger partial charge is 0.481 e. The van der Waals surface area contributed by atoms with Gasteiger partial charge in [-0.3, -0.25) is 9.69 Å². The van der Waals surface area contributed by atoms with Crippen molar-refractivity contribution in [1.82, 2.24) is 4.90 Å². The number of aliphatic carboxylic acids is 1. The maximum atomic E-state index is 11.4. The van der Waals surface area contributed by atoms with Gasteiger partial charge in [0.1, 0.15) is 0 Å². The first-order valence-electron chi connectivity index (χ1n) is 7.38. The van der Waals surface area contributed by atoms with Gasteiger partial charge in [0.2, 0.25) is 0 Å². The number of carboxylic acid groups (broad SMARTS) is 1. The number of nitrogens with zero attached hydrogens (tertiary/aromatic N) is 1. The first-order valence-corrected chi connectivity index (χ1v) is 7.38. The second kappa shape index (κ2) is 5.41. The second-order valence-electron chi connectivity index (χ2n) is 7.25. The minimum atomic E-state index is -0.670. The molecule has 1 heterocycles. The molecule has 2 atom stereocenters. The zero-order valence-corrected chi connectivity index (χ0v) is 12.4. The fraction of sp³-hybridized carbons (Fsp3) is 0.933. The summed E-state index contributed by atoms with van der Waals surface area (Å²) in [4.78, 5) is 13.8. The monoisotopic (exact) mass is 269 g/mol. The van der Waals surface area contributed by atoms with Crippen LogP contribution >= 0.6 is 0 Å². The molecule has 4 nitrogen and oxygen atoms in total. The zero-order valence-electron chi connectivity index (χ0n) is 12.4. The summed E-state index contributed by atoms with van der Waals surface area (Å²) in [6.07, 6.45) is 3.44. The second-order valence-corrected chi connectivity index (χ2v) is 7.25. The fourth-order valence-electron chi connectivity index (χ4n) is 4.51. The third-order valence-electron chi connectivity index (χ3n) is 4.60. The molecule has 1 aliphatic carbocycles.